The normalized spacial score (nSPS) is 14.7. The van der Waals surface area contributed by atoms with Crippen molar-refractivity contribution >= 4 is 45.9 Å². The van der Waals surface area contributed by atoms with Gasteiger partial charge in [0.15, 0.2) is 16.8 Å². The van der Waals surface area contributed by atoms with E-state index in [9.17, 15) is 23.5 Å². The van der Waals surface area contributed by atoms with Gasteiger partial charge in [-0.15, -0.1) is 0 Å². The number of nitrogens with zero attached hydrogens (tertiary/aromatic N) is 3. The van der Waals surface area contributed by atoms with Gasteiger partial charge in [-0.25, -0.2) is 18.6 Å². The Morgan fingerprint density at radius 1 is 1.27 bits per heavy atom. The van der Waals surface area contributed by atoms with Crippen molar-refractivity contribution in [2.24, 2.45) is 0 Å². The fourth-order valence-corrected chi connectivity index (χ4v) is 5.61. The van der Waals surface area contributed by atoms with Gasteiger partial charge in [0.2, 0.25) is 0 Å². The number of thiazole rings is 1. The molecule has 1 fully saturated rings. The largest absolute Gasteiger partial charge is 0.480 e. The van der Waals surface area contributed by atoms with Crippen LogP contribution in [0, 0.1) is 11.6 Å². The number of amides is 2. The molecule has 30 heavy (non-hydrogen) atoms. The van der Waals surface area contributed by atoms with E-state index < -0.39 is 28.4 Å². The van der Waals surface area contributed by atoms with Crippen LogP contribution in [0.2, 0.25) is 0 Å². The first-order valence-electron chi connectivity index (χ1n) is 9.51. The number of anilines is 2. The van der Waals surface area contributed by atoms with Crippen LogP contribution in [0.4, 0.5) is 24.4 Å². The summed E-state index contributed by atoms with van der Waals surface area (Å²) in [7, 11) is 1.52. The number of benzene rings is 1. The summed E-state index contributed by atoms with van der Waals surface area (Å²) in [6, 6.07) is 3.08. The number of halogens is 2. The van der Waals surface area contributed by atoms with Gasteiger partial charge in [-0.05, 0) is 38.8 Å². The molecule has 0 spiro atoms. The lowest BCUT2D eigenvalue weighted by atomic mass is 10.1. The van der Waals surface area contributed by atoms with E-state index in [1.165, 1.54) is 46.5 Å². The van der Waals surface area contributed by atoms with Crippen molar-refractivity contribution in [3.8, 4) is 0 Å². The molecule has 0 unspecified atom stereocenters. The Balaban J connectivity index is 1.88. The van der Waals surface area contributed by atoms with Crippen molar-refractivity contribution in [3.05, 3.63) is 36.0 Å². The highest BCUT2D eigenvalue weighted by atomic mass is 32.2. The Morgan fingerprint density at radius 3 is 2.57 bits per heavy atom. The van der Waals surface area contributed by atoms with Crippen LogP contribution in [0.25, 0.3) is 0 Å². The number of thioether (sulfide) groups is 1. The Labute approximate surface area is 181 Å². The van der Waals surface area contributed by atoms with Crippen molar-refractivity contribution in [1.29, 1.82) is 0 Å². The fraction of sp³-hybridized carbons (Fsp3) is 0.450. The van der Waals surface area contributed by atoms with Crippen LogP contribution in [-0.2, 0) is 4.79 Å². The SMILES string of the molecule is CN(C(=O)N(c1cccc(F)c1F)C1CCCC1)c1ncc(SC(C)(C)C(=O)O)s1. The van der Waals surface area contributed by atoms with Gasteiger partial charge in [0.05, 0.1) is 16.1 Å². The Bertz CT molecular complexity index is 945. The molecule has 6 nitrogen and oxygen atoms in total. The predicted molar refractivity (Wildman–Crippen MR) is 115 cm³/mol. The highest BCUT2D eigenvalue weighted by Gasteiger charge is 2.34. The minimum absolute atomic E-state index is 0.0862. The van der Waals surface area contributed by atoms with Crippen LogP contribution in [0.5, 0.6) is 0 Å². The molecule has 1 aromatic carbocycles. The average Bonchev–Trinajstić information content (AvgIpc) is 3.36. The standard InChI is InChI=1S/C20H23F2N3O3S2/c1-20(2,17(26)27)30-15-11-23-18(29-15)24(3)19(28)25(12-7-4-5-8-12)14-10-6-9-13(21)16(14)22/h6,9-12H,4-5,7-8H2,1-3H3,(H,26,27). The fourth-order valence-electron chi connectivity index (χ4n) is 3.29. The van der Waals surface area contributed by atoms with Gasteiger partial charge < -0.3 is 5.11 Å². The first kappa shape index (κ1) is 22.5. The van der Waals surface area contributed by atoms with Crippen LogP contribution >= 0.6 is 23.1 Å². The van der Waals surface area contributed by atoms with Crippen LogP contribution < -0.4 is 9.80 Å². The summed E-state index contributed by atoms with van der Waals surface area (Å²) < 4.78 is 28.0. The summed E-state index contributed by atoms with van der Waals surface area (Å²) in [4.78, 5) is 31.5. The van der Waals surface area contributed by atoms with Crippen molar-refractivity contribution in [3.63, 3.8) is 0 Å². The zero-order chi connectivity index (χ0) is 22.1. The third-order valence-electron chi connectivity index (χ3n) is 5.00. The smallest absolute Gasteiger partial charge is 0.330 e. The van der Waals surface area contributed by atoms with E-state index in [-0.39, 0.29) is 11.7 Å². The van der Waals surface area contributed by atoms with E-state index in [0.717, 1.165) is 30.7 Å². The second-order valence-corrected chi connectivity index (χ2v) is 10.5. The average molecular weight is 456 g/mol. The molecular formula is C20H23F2N3O3S2. The lowest BCUT2D eigenvalue weighted by molar-refractivity contribution is -0.138. The molecule has 0 radical (unpaired) electrons. The summed E-state index contributed by atoms with van der Waals surface area (Å²) in [5.74, 6) is -3.01. The van der Waals surface area contributed by atoms with Gasteiger partial charge in [-0.3, -0.25) is 14.6 Å². The lowest BCUT2D eigenvalue weighted by Gasteiger charge is -2.32. The maximum absolute atomic E-state index is 14.5. The summed E-state index contributed by atoms with van der Waals surface area (Å²) >= 11 is 2.31. The van der Waals surface area contributed by atoms with Gasteiger partial charge in [0.1, 0.15) is 4.75 Å². The topological polar surface area (TPSA) is 73.7 Å². The molecule has 1 aliphatic carbocycles. The molecule has 0 saturated heterocycles. The van der Waals surface area contributed by atoms with E-state index in [0.29, 0.717) is 22.2 Å². The summed E-state index contributed by atoms with van der Waals surface area (Å²) in [6.07, 6.45) is 4.76. The number of rotatable bonds is 6. The van der Waals surface area contributed by atoms with Crippen molar-refractivity contribution in [1.82, 2.24) is 4.98 Å². The van der Waals surface area contributed by atoms with Gasteiger partial charge in [0.25, 0.3) is 0 Å². The number of carbonyl (C=O) groups excluding carboxylic acids is 1. The van der Waals surface area contributed by atoms with Crippen LogP contribution in [0.3, 0.4) is 0 Å². The molecule has 1 N–H and O–H groups in total. The third kappa shape index (κ3) is 4.59. The first-order chi connectivity index (χ1) is 14.1. The van der Waals surface area contributed by atoms with Crippen molar-refractivity contribution in [2.75, 3.05) is 16.8 Å². The predicted octanol–water partition coefficient (Wildman–Crippen LogP) is 5.38. The van der Waals surface area contributed by atoms with E-state index in [4.69, 9.17) is 0 Å². The summed E-state index contributed by atoms with van der Waals surface area (Å²) in [5, 5.41) is 9.65. The summed E-state index contributed by atoms with van der Waals surface area (Å²) in [5.41, 5.74) is -0.0862. The van der Waals surface area contributed by atoms with Gasteiger partial charge in [-0.2, -0.15) is 0 Å². The van der Waals surface area contributed by atoms with Crippen molar-refractivity contribution in [2.45, 2.75) is 54.5 Å². The number of urea groups is 1. The quantitative estimate of drug-likeness (QED) is 0.592. The van der Waals surface area contributed by atoms with Crippen LogP contribution in [-0.4, -0.2) is 39.9 Å². The Morgan fingerprint density at radius 2 is 1.93 bits per heavy atom. The number of carbonyl (C=O) groups is 2. The molecule has 2 amide bonds. The minimum Gasteiger partial charge on any atom is -0.480 e. The zero-order valence-corrected chi connectivity index (χ0v) is 18.5. The van der Waals surface area contributed by atoms with E-state index in [1.54, 1.807) is 13.8 Å². The van der Waals surface area contributed by atoms with Crippen molar-refractivity contribution < 1.29 is 23.5 Å². The summed E-state index contributed by atoms with van der Waals surface area (Å²) in [6.45, 7) is 3.17. The van der Waals surface area contributed by atoms with E-state index in [1.807, 2.05) is 0 Å². The van der Waals surface area contributed by atoms with E-state index in [2.05, 4.69) is 4.98 Å². The zero-order valence-electron chi connectivity index (χ0n) is 16.9. The lowest BCUT2D eigenvalue weighted by Crippen LogP contribution is -2.47. The molecular weight excluding hydrogens is 432 g/mol. The monoisotopic (exact) mass is 455 g/mol. The molecule has 1 saturated carbocycles. The van der Waals surface area contributed by atoms with Gasteiger partial charge in [0, 0.05) is 13.1 Å². The molecule has 0 bridgehead atoms. The highest BCUT2D eigenvalue weighted by molar-refractivity contribution is 8.03. The Hall–Kier alpha value is -2.20. The number of hydrogen-bond donors (Lipinski definition) is 1. The molecule has 1 aromatic heterocycles. The first-order valence-corrected chi connectivity index (χ1v) is 11.1. The molecule has 3 rings (SSSR count). The van der Waals surface area contributed by atoms with E-state index >= 15 is 0 Å². The number of carboxylic acids is 1. The maximum atomic E-state index is 14.5. The number of aromatic nitrogens is 1. The number of hydrogen-bond acceptors (Lipinski definition) is 5. The molecule has 10 heteroatoms. The molecule has 162 valence electrons. The van der Waals surface area contributed by atoms with Gasteiger partial charge in [-0.1, -0.05) is 42.0 Å². The second kappa shape index (κ2) is 8.89. The molecule has 1 heterocycles. The second-order valence-electron chi connectivity index (χ2n) is 7.60. The minimum atomic E-state index is -1.05. The van der Waals surface area contributed by atoms with Crippen LogP contribution in [0.1, 0.15) is 39.5 Å². The Kier molecular flexibility index (Phi) is 6.66. The highest BCUT2D eigenvalue weighted by Crippen LogP contribution is 2.39. The molecule has 0 aliphatic heterocycles. The molecule has 2 aromatic rings. The van der Waals surface area contributed by atoms with Crippen LogP contribution in [0.15, 0.2) is 28.6 Å². The molecule has 1 aliphatic rings. The third-order valence-corrected chi connectivity index (χ3v) is 7.36. The maximum Gasteiger partial charge on any atom is 0.330 e. The number of carboxylic acid groups (broad SMARTS) is 1. The number of aliphatic carboxylic acids is 1. The molecule has 0 atom stereocenters. The van der Waals surface area contributed by atoms with Gasteiger partial charge >= 0.3 is 12.0 Å².